The van der Waals surface area contributed by atoms with Crippen LogP contribution in [0.4, 0.5) is 39.4 Å². The van der Waals surface area contributed by atoms with E-state index in [0.717, 1.165) is 0 Å². The molecule has 3 aromatic rings. The number of nitrogens with zero attached hydrogens (tertiary/aromatic N) is 1. The number of halogens is 4. The molecule has 0 bridgehead atoms. The van der Waals surface area contributed by atoms with Crippen LogP contribution < -0.4 is 21.7 Å². The van der Waals surface area contributed by atoms with Crippen LogP contribution in [0.1, 0.15) is 21.6 Å². The Hall–Kier alpha value is -4.09. The van der Waals surface area contributed by atoms with Crippen LogP contribution in [-0.4, -0.2) is 22.1 Å². The summed E-state index contributed by atoms with van der Waals surface area (Å²) in [6.07, 6.45) is -3.29. The number of hydrogen-bond acceptors (Lipinski definition) is 4. The molecule has 1 aromatic heterocycles. The summed E-state index contributed by atoms with van der Waals surface area (Å²) < 4.78 is 52.1. The molecular weight excluding hydrogens is 420 g/mol. The van der Waals surface area contributed by atoms with Gasteiger partial charge in [0.1, 0.15) is 11.5 Å². The Morgan fingerprint density at radius 3 is 2.55 bits per heavy atom. The van der Waals surface area contributed by atoms with Gasteiger partial charge in [-0.05, 0) is 35.9 Å². The van der Waals surface area contributed by atoms with Crippen LogP contribution in [0.3, 0.4) is 0 Å². The molecule has 2 aromatic carbocycles. The number of aromatic nitrogens is 2. The van der Waals surface area contributed by atoms with E-state index in [-0.39, 0.29) is 12.2 Å². The van der Waals surface area contributed by atoms with Crippen molar-refractivity contribution in [3.63, 3.8) is 0 Å². The van der Waals surface area contributed by atoms with Gasteiger partial charge in [-0.2, -0.15) is 18.3 Å². The second-order valence-corrected chi connectivity index (χ2v) is 6.35. The highest BCUT2D eigenvalue weighted by atomic mass is 19.4. The minimum absolute atomic E-state index is 0.108. The van der Waals surface area contributed by atoms with Crippen LogP contribution in [0.5, 0.6) is 0 Å². The number of primary amides is 1. The first-order chi connectivity index (χ1) is 14.6. The van der Waals surface area contributed by atoms with Crippen LogP contribution >= 0.6 is 0 Å². The lowest BCUT2D eigenvalue weighted by atomic mass is 10.2. The summed E-state index contributed by atoms with van der Waals surface area (Å²) >= 11 is 0. The fourth-order valence-electron chi connectivity index (χ4n) is 2.65. The number of aromatic amines is 1. The van der Waals surface area contributed by atoms with E-state index in [0.29, 0.717) is 35.1 Å². The molecule has 8 nitrogen and oxygen atoms in total. The molecule has 0 fully saturated rings. The van der Waals surface area contributed by atoms with Gasteiger partial charge in [0.15, 0.2) is 0 Å². The van der Waals surface area contributed by atoms with Crippen LogP contribution in [0, 0.1) is 5.82 Å². The summed E-state index contributed by atoms with van der Waals surface area (Å²) in [6, 6.07) is 7.27. The molecule has 1 heterocycles. The minimum atomic E-state index is -4.68. The van der Waals surface area contributed by atoms with E-state index in [4.69, 9.17) is 5.73 Å². The van der Waals surface area contributed by atoms with Crippen molar-refractivity contribution >= 4 is 29.0 Å². The first-order valence-electron chi connectivity index (χ1n) is 8.74. The number of amides is 3. The third-order valence-corrected chi connectivity index (χ3v) is 4.10. The molecule has 162 valence electrons. The molecule has 12 heteroatoms. The van der Waals surface area contributed by atoms with Crippen LogP contribution in [0.2, 0.25) is 0 Å². The van der Waals surface area contributed by atoms with Gasteiger partial charge in [-0.3, -0.25) is 9.89 Å². The van der Waals surface area contributed by atoms with Crippen molar-refractivity contribution in [2.75, 3.05) is 16.0 Å². The van der Waals surface area contributed by atoms with Gasteiger partial charge in [0, 0.05) is 12.2 Å². The standard InChI is InChI=1S/C19H16F4N6O2/c20-13-5-4-11(19(21,22)23)7-14(13)28-18(31)27-12-3-1-2-10(6-12)8-25-15-9-26-29-16(15)17(24)30/h1-7,9,25H,8H2,(H2,24,30)(H,26,29)(H2,27,28,31). The van der Waals surface area contributed by atoms with Gasteiger partial charge < -0.3 is 21.7 Å². The highest BCUT2D eigenvalue weighted by molar-refractivity contribution is 6.00. The van der Waals surface area contributed by atoms with E-state index in [9.17, 15) is 27.2 Å². The molecule has 6 N–H and O–H groups in total. The monoisotopic (exact) mass is 436 g/mol. The van der Waals surface area contributed by atoms with E-state index in [1.54, 1.807) is 18.2 Å². The topological polar surface area (TPSA) is 125 Å². The molecule has 31 heavy (non-hydrogen) atoms. The largest absolute Gasteiger partial charge is 0.416 e. The number of carbonyl (C=O) groups excluding carboxylic acids is 2. The zero-order valence-electron chi connectivity index (χ0n) is 15.7. The van der Waals surface area contributed by atoms with Gasteiger partial charge in [-0.25, -0.2) is 9.18 Å². The summed E-state index contributed by atoms with van der Waals surface area (Å²) in [5.74, 6) is -1.69. The molecule has 0 atom stereocenters. The average molecular weight is 436 g/mol. The van der Waals surface area contributed by atoms with Crippen molar-refractivity contribution in [1.29, 1.82) is 0 Å². The Bertz CT molecular complexity index is 1110. The zero-order chi connectivity index (χ0) is 22.6. The van der Waals surface area contributed by atoms with E-state index < -0.39 is 35.2 Å². The van der Waals surface area contributed by atoms with E-state index in [1.807, 2.05) is 0 Å². The maximum Gasteiger partial charge on any atom is 0.416 e. The Morgan fingerprint density at radius 1 is 1.06 bits per heavy atom. The van der Waals surface area contributed by atoms with Crippen LogP contribution in [-0.2, 0) is 12.7 Å². The summed E-state index contributed by atoms with van der Waals surface area (Å²) in [4.78, 5) is 23.4. The number of urea groups is 1. The lowest BCUT2D eigenvalue weighted by Gasteiger charge is -2.12. The number of alkyl halides is 3. The SMILES string of the molecule is NC(=O)c1[nH]ncc1NCc1cccc(NC(=O)Nc2cc(C(F)(F)F)ccc2F)c1. The maximum absolute atomic E-state index is 13.8. The Kier molecular flexibility index (Phi) is 6.09. The van der Waals surface area contributed by atoms with Gasteiger partial charge in [0.25, 0.3) is 5.91 Å². The smallest absolute Gasteiger partial charge is 0.378 e. The molecule has 0 aliphatic rings. The number of rotatable bonds is 6. The van der Waals surface area contributed by atoms with Gasteiger partial charge in [0.2, 0.25) is 0 Å². The molecule has 3 rings (SSSR count). The second kappa shape index (κ2) is 8.73. The number of nitrogens with one attached hydrogen (secondary N) is 4. The number of benzene rings is 2. The number of anilines is 3. The molecular formula is C19H16F4N6O2. The van der Waals surface area contributed by atoms with Crippen molar-refractivity contribution in [2.24, 2.45) is 5.73 Å². The fourth-order valence-corrected chi connectivity index (χ4v) is 2.65. The maximum atomic E-state index is 13.8. The quantitative estimate of drug-likeness (QED) is 0.376. The molecule has 0 aliphatic heterocycles. The van der Waals surface area contributed by atoms with Crippen LogP contribution in [0.15, 0.2) is 48.7 Å². The summed E-state index contributed by atoms with van der Waals surface area (Å²) in [6.45, 7) is 0.249. The zero-order valence-corrected chi connectivity index (χ0v) is 15.7. The van der Waals surface area contributed by atoms with Gasteiger partial charge in [0.05, 0.1) is 23.1 Å². The minimum Gasteiger partial charge on any atom is -0.378 e. The van der Waals surface area contributed by atoms with Crippen molar-refractivity contribution < 1.29 is 27.2 Å². The predicted molar refractivity (Wildman–Crippen MR) is 105 cm³/mol. The third kappa shape index (κ3) is 5.50. The lowest BCUT2D eigenvalue weighted by Crippen LogP contribution is -2.21. The second-order valence-electron chi connectivity index (χ2n) is 6.35. The normalized spacial score (nSPS) is 11.1. The number of nitrogens with two attached hydrogens (primary N) is 1. The van der Waals surface area contributed by atoms with Crippen molar-refractivity contribution in [3.8, 4) is 0 Å². The van der Waals surface area contributed by atoms with Gasteiger partial charge >= 0.3 is 12.2 Å². The molecule has 0 aliphatic carbocycles. The highest BCUT2D eigenvalue weighted by Crippen LogP contribution is 2.31. The van der Waals surface area contributed by atoms with E-state index in [1.165, 1.54) is 12.3 Å². The third-order valence-electron chi connectivity index (χ3n) is 4.10. The van der Waals surface area contributed by atoms with E-state index >= 15 is 0 Å². The highest BCUT2D eigenvalue weighted by Gasteiger charge is 2.31. The summed E-state index contributed by atoms with van der Waals surface area (Å²) in [5.41, 5.74) is 5.03. The van der Waals surface area contributed by atoms with Crippen molar-refractivity contribution in [3.05, 3.63) is 71.3 Å². The summed E-state index contributed by atoms with van der Waals surface area (Å²) in [5, 5.41) is 13.6. The van der Waals surface area contributed by atoms with Gasteiger partial charge in [-0.1, -0.05) is 12.1 Å². The Morgan fingerprint density at radius 2 is 1.84 bits per heavy atom. The number of H-pyrrole nitrogens is 1. The predicted octanol–water partition coefficient (Wildman–Crippen LogP) is 3.92. The Labute approximate surface area is 172 Å². The Balaban J connectivity index is 1.65. The van der Waals surface area contributed by atoms with E-state index in [2.05, 4.69) is 26.1 Å². The molecule has 0 saturated heterocycles. The summed E-state index contributed by atoms with van der Waals surface area (Å²) in [7, 11) is 0. The molecule has 0 spiro atoms. The van der Waals surface area contributed by atoms with Crippen molar-refractivity contribution in [2.45, 2.75) is 12.7 Å². The molecule has 0 unspecified atom stereocenters. The number of carbonyl (C=O) groups is 2. The molecule has 0 saturated carbocycles. The first-order valence-corrected chi connectivity index (χ1v) is 8.74. The average Bonchev–Trinajstić information content (AvgIpc) is 3.16. The van der Waals surface area contributed by atoms with Crippen molar-refractivity contribution in [1.82, 2.24) is 10.2 Å². The lowest BCUT2D eigenvalue weighted by molar-refractivity contribution is -0.137. The fraction of sp³-hybridized carbons (Fsp3) is 0.105. The molecule has 0 radical (unpaired) electrons. The molecule has 3 amide bonds. The van der Waals surface area contributed by atoms with Crippen LogP contribution in [0.25, 0.3) is 0 Å². The first kappa shape index (κ1) is 21.6. The number of hydrogen-bond donors (Lipinski definition) is 5. The van der Waals surface area contributed by atoms with Gasteiger partial charge in [-0.15, -0.1) is 0 Å².